The van der Waals surface area contributed by atoms with Crippen LogP contribution in [0.1, 0.15) is 17.5 Å². The van der Waals surface area contributed by atoms with E-state index >= 15 is 0 Å². The topological polar surface area (TPSA) is 62.2 Å². The normalized spacial score (nSPS) is 10.6. The van der Waals surface area contributed by atoms with E-state index in [4.69, 9.17) is 5.11 Å². The monoisotopic (exact) mass is 244 g/mol. The van der Waals surface area contributed by atoms with Crippen LogP contribution in [0.25, 0.3) is 10.9 Å². The Kier molecular flexibility index (Phi) is 3.46. The van der Waals surface area contributed by atoms with Gasteiger partial charge in [-0.25, -0.2) is 0 Å². The van der Waals surface area contributed by atoms with Crippen molar-refractivity contribution in [2.75, 3.05) is 11.9 Å². The first kappa shape index (κ1) is 12.4. The summed E-state index contributed by atoms with van der Waals surface area (Å²) in [5, 5.41) is 12.9. The van der Waals surface area contributed by atoms with Crippen LogP contribution in [-0.4, -0.2) is 22.6 Å². The van der Waals surface area contributed by atoms with Crippen molar-refractivity contribution in [2.45, 2.75) is 20.3 Å². The second kappa shape index (κ2) is 5.04. The van der Waals surface area contributed by atoms with Gasteiger partial charge in [0, 0.05) is 23.8 Å². The van der Waals surface area contributed by atoms with E-state index in [9.17, 15) is 4.79 Å². The number of nitrogens with one attached hydrogen (secondary N) is 1. The number of hydrogen-bond donors (Lipinski definition) is 2. The lowest BCUT2D eigenvalue weighted by Crippen LogP contribution is -2.09. The third-order valence-corrected chi connectivity index (χ3v) is 2.93. The SMILES string of the molecule is Cc1cnc2c(C)cccc2c1NCCC(=O)O. The van der Waals surface area contributed by atoms with Crippen LogP contribution in [0, 0.1) is 13.8 Å². The number of aliphatic carboxylic acids is 1. The van der Waals surface area contributed by atoms with E-state index in [1.807, 2.05) is 38.2 Å². The molecule has 1 heterocycles. The number of para-hydroxylation sites is 1. The minimum Gasteiger partial charge on any atom is -0.481 e. The molecule has 0 radical (unpaired) electrons. The number of carboxylic acids is 1. The number of carboxylic acid groups (broad SMARTS) is 1. The Morgan fingerprint density at radius 3 is 2.83 bits per heavy atom. The van der Waals surface area contributed by atoms with E-state index in [1.165, 1.54) is 0 Å². The molecule has 1 aromatic heterocycles. The van der Waals surface area contributed by atoms with E-state index < -0.39 is 5.97 Å². The standard InChI is InChI=1S/C14H16N2O2/c1-9-4-3-5-11-13(9)16-8-10(2)14(11)15-7-6-12(17)18/h3-5,8H,6-7H2,1-2H3,(H,15,16)(H,17,18). The Hall–Kier alpha value is -2.10. The average molecular weight is 244 g/mol. The summed E-state index contributed by atoms with van der Waals surface area (Å²) >= 11 is 0. The Morgan fingerprint density at radius 2 is 2.11 bits per heavy atom. The summed E-state index contributed by atoms with van der Waals surface area (Å²) in [5.74, 6) is -0.797. The molecule has 0 unspecified atom stereocenters. The number of hydrogen-bond acceptors (Lipinski definition) is 3. The van der Waals surface area contributed by atoms with Gasteiger partial charge in [0.2, 0.25) is 0 Å². The molecule has 0 fully saturated rings. The van der Waals surface area contributed by atoms with Gasteiger partial charge in [-0.3, -0.25) is 9.78 Å². The van der Waals surface area contributed by atoms with Crippen molar-refractivity contribution in [3.63, 3.8) is 0 Å². The molecular weight excluding hydrogens is 228 g/mol. The van der Waals surface area contributed by atoms with Gasteiger partial charge in [-0.1, -0.05) is 18.2 Å². The maximum atomic E-state index is 10.5. The molecule has 0 aliphatic carbocycles. The number of fused-ring (bicyclic) bond motifs is 1. The third-order valence-electron chi connectivity index (χ3n) is 2.93. The fourth-order valence-corrected chi connectivity index (χ4v) is 2.00. The van der Waals surface area contributed by atoms with Gasteiger partial charge >= 0.3 is 5.97 Å². The summed E-state index contributed by atoms with van der Waals surface area (Å²) in [4.78, 5) is 15.0. The molecule has 4 nitrogen and oxygen atoms in total. The molecule has 0 saturated carbocycles. The van der Waals surface area contributed by atoms with Crippen molar-refractivity contribution >= 4 is 22.6 Å². The summed E-state index contributed by atoms with van der Waals surface area (Å²) in [7, 11) is 0. The van der Waals surface area contributed by atoms with E-state index in [1.54, 1.807) is 0 Å². The van der Waals surface area contributed by atoms with Gasteiger partial charge in [-0.15, -0.1) is 0 Å². The highest BCUT2D eigenvalue weighted by molar-refractivity contribution is 5.94. The van der Waals surface area contributed by atoms with Crippen molar-refractivity contribution in [1.82, 2.24) is 4.98 Å². The molecule has 2 rings (SSSR count). The van der Waals surface area contributed by atoms with E-state index in [0.29, 0.717) is 6.54 Å². The first-order valence-corrected chi connectivity index (χ1v) is 5.90. The zero-order valence-corrected chi connectivity index (χ0v) is 10.5. The number of benzene rings is 1. The molecule has 2 N–H and O–H groups in total. The van der Waals surface area contributed by atoms with Crippen LogP contribution in [0.15, 0.2) is 24.4 Å². The predicted molar refractivity (Wildman–Crippen MR) is 72.0 cm³/mol. The molecule has 0 amide bonds. The number of rotatable bonds is 4. The van der Waals surface area contributed by atoms with Crippen molar-refractivity contribution in [3.8, 4) is 0 Å². The van der Waals surface area contributed by atoms with Crippen molar-refractivity contribution < 1.29 is 9.90 Å². The Balaban J connectivity index is 2.39. The number of aromatic nitrogens is 1. The maximum absolute atomic E-state index is 10.5. The van der Waals surface area contributed by atoms with Crippen LogP contribution in [-0.2, 0) is 4.79 Å². The van der Waals surface area contributed by atoms with Gasteiger partial charge in [0.15, 0.2) is 0 Å². The minimum atomic E-state index is -0.797. The minimum absolute atomic E-state index is 0.106. The Morgan fingerprint density at radius 1 is 1.33 bits per heavy atom. The molecule has 2 aromatic rings. The van der Waals surface area contributed by atoms with E-state index in [2.05, 4.69) is 10.3 Å². The summed E-state index contributed by atoms with van der Waals surface area (Å²) in [6, 6.07) is 6.01. The smallest absolute Gasteiger partial charge is 0.305 e. The second-order valence-corrected chi connectivity index (χ2v) is 4.36. The molecule has 0 bridgehead atoms. The van der Waals surface area contributed by atoms with E-state index in [0.717, 1.165) is 27.7 Å². The molecule has 0 atom stereocenters. The van der Waals surface area contributed by atoms with Crippen molar-refractivity contribution in [1.29, 1.82) is 0 Å². The zero-order valence-electron chi connectivity index (χ0n) is 10.5. The quantitative estimate of drug-likeness (QED) is 0.868. The van der Waals surface area contributed by atoms with E-state index in [-0.39, 0.29) is 6.42 Å². The first-order valence-electron chi connectivity index (χ1n) is 5.90. The van der Waals surface area contributed by atoms with Crippen LogP contribution in [0.5, 0.6) is 0 Å². The largest absolute Gasteiger partial charge is 0.481 e. The number of nitrogens with zero attached hydrogens (tertiary/aromatic N) is 1. The zero-order chi connectivity index (χ0) is 13.1. The van der Waals surface area contributed by atoms with Gasteiger partial charge in [0.05, 0.1) is 11.9 Å². The highest BCUT2D eigenvalue weighted by atomic mass is 16.4. The van der Waals surface area contributed by atoms with Crippen LogP contribution >= 0.6 is 0 Å². The number of pyridine rings is 1. The third kappa shape index (κ3) is 2.42. The second-order valence-electron chi connectivity index (χ2n) is 4.36. The van der Waals surface area contributed by atoms with Gasteiger partial charge in [0.1, 0.15) is 0 Å². The maximum Gasteiger partial charge on any atom is 0.305 e. The highest BCUT2D eigenvalue weighted by Crippen LogP contribution is 2.27. The van der Waals surface area contributed by atoms with Gasteiger partial charge in [-0.2, -0.15) is 0 Å². The number of carbonyl (C=O) groups is 1. The van der Waals surface area contributed by atoms with Gasteiger partial charge < -0.3 is 10.4 Å². The van der Waals surface area contributed by atoms with Crippen molar-refractivity contribution in [2.24, 2.45) is 0 Å². The Labute approximate surface area is 106 Å². The lowest BCUT2D eigenvalue weighted by molar-refractivity contribution is -0.136. The van der Waals surface area contributed by atoms with Crippen LogP contribution in [0.2, 0.25) is 0 Å². The van der Waals surface area contributed by atoms with Crippen LogP contribution < -0.4 is 5.32 Å². The Bertz CT molecular complexity index is 594. The molecule has 0 saturated heterocycles. The summed E-state index contributed by atoms with van der Waals surface area (Å²) in [6.07, 6.45) is 1.92. The molecule has 94 valence electrons. The fraction of sp³-hybridized carbons (Fsp3) is 0.286. The molecule has 0 spiro atoms. The predicted octanol–water partition coefficient (Wildman–Crippen LogP) is 2.74. The lowest BCUT2D eigenvalue weighted by Gasteiger charge is -2.12. The number of aryl methyl sites for hydroxylation is 2. The molecular formula is C14H16N2O2. The summed E-state index contributed by atoms with van der Waals surface area (Å²) < 4.78 is 0. The molecule has 4 heteroatoms. The summed E-state index contributed by atoms with van der Waals surface area (Å²) in [6.45, 7) is 4.41. The molecule has 0 aliphatic rings. The summed E-state index contributed by atoms with van der Waals surface area (Å²) in [5.41, 5.74) is 4.08. The number of anilines is 1. The fourth-order valence-electron chi connectivity index (χ4n) is 2.00. The molecule has 18 heavy (non-hydrogen) atoms. The molecule has 0 aliphatic heterocycles. The first-order chi connectivity index (χ1) is 8.59. The molecule has 1 aromatic carbocycles. The van der Waals surface area contributed by atoms with Crippen LogP contribution in [0.3, 0.4) is 0 Å². The van der Waals surface area contributed by atoms with Gasteiger partial charge in [0.25, 0.3) is 0 Å². The van der Waals surface area contributed by atoms with Gasteiger partial charge in [-0.05, 0) is 25.0 Å². The highest BCUT2D eigenvalue weighted by Gasteiger charge is 2.07. The lowest BCUT2D eigenvalue weighted by atomic mass is 10.1. The van der Waals surface area contributed by atoms with Crippen molar-refractivity contribution in [3.05, 3.63) is 35.5 Å². The average Bonchev–Trinajstić information content (AvgIpc) is 2.32. The van der Waals surface area contributed by atoms with Crippen LogP contribution in [0.4, 0.5) is 5.69 Å².